The van der Waals surface area contributed by atoms with Gasteiger partial charge in [-0.3, -0.25) is 10.1 Å². The molecular weight excluding hydrogens is 362 g/mol. The van der Waals surface area contributed by atoms with Crippen LogP contribution in [-0.2, 0) is 4.79 Å². The number of methoxy groups -OCH3 is 1. The van der Waals surface area contributed by atoms with Crippen molar-refractivity contribution in [2.24, 2.45) is 0 Å². The number of hydrogen-bond donors (Lipinski definition) is 1. The summed E-state index contributed by atoms with van der Waals surface area (Å²) in [5.74, 6) is 1.27. The summed E-state index contributed by atoms with van der Waals surface area (Å²) in [6, 6.07) is 3.48. The van der Waals surface area contributed by atoms with Gasteiger partial charge in [-0.15, -0.1) is 10.2 Å². The molecule has 1 aromatic carbocycles. The van der Waals surface area contributed by atoms with E-state index in [4.69, 9.17) is 21.1 Å². The molecule has 1 fully saturated rings. The summed E-state index contributed by atoms with van der Waals surface area (Å²) in [7, 11) is 1.54. The van der Waals surface area contributed by atoms with E-state index in [2.05, 4.69) is 15.5 Å². The third kappa shape index (κ3) is 4.49. The molecule has 1 aromatic heterocycles. The van der Waals surface area contributed by atoms with E-state index in [1.807, 2.05) is 6.92 Å². The zero-order valence-electron chi connectivity index (χ0n) is 13.9. The highest BCUT2D eigenvalue weighted by molar-refractivity contribution is 7.15. The van der Waals surface area contributed by atoms with Crippen LogP contribution in [-0.4, -0.2) is 29.8 Å². The maximum Gasteiger partial charge on any atom is 0.250 e. The molecule has 1 aliphatic carbocycles. The van der Waals surface area contributed by atoms with Crippen LogP contribution in [0.5, 0.6) is 11.5 Å². The van der Waals surface area contributed by atoms with Gasteiger partial charge in [0.2, 0.25) is 11.0 Å². The van der Waals surface area contributed by atoms with Crippen molar-refractivity contribution in [3.05, 3.63) is 33.8 Å². The molecule has 1 aliphatic rings. The zero-order valence-corrected chi connectivity index (χ0v) is 15.5. The van der Waals surface area contributed by atoms with Gasteiger partial charge in [0, 0.05) is 12.0 Å². The minimum Gasteiger partial charge on any atom is -0.493 e. The number of nitrogens with zero attached hydrogens (tertiary/aromatic N) is 2. The summed E-state index contributed by atoms with van der Waals surface area (Å²) in [6.07, 6.45) is 5.39. The summed E-state index contributed by atoms with van der Waals surface area (Å²) in [4.78, 5) is 12.0. The summed E-state index contributed by atoms with van der Waals surface area (Å²) in [5.41, 5.74) is 0.733. The monoisotopic (exact) mass is 379 g/mol. The van der Waals surface area contributed by atoms with Crippen molar-refractivity contribution in [2.45, 2.75) is 25.7 Å². The normalized spacial score (nSPS) is 13.9. The highest BCUT2D eigenvalue weighted by atomic mass is 35.5. The van der Waals surface area contributed by atoms with Gasteiger partial charge >= 0.3 is 0 Å². The van der Waals surface area contributed by atoms with Crippen LogP contribution in [0.2, 0.25) is 5.02 Å². The lowest BCUT2D eigenvalue weighted by Gasteiger charge is -2.11. The van der Waals surface area contributed by atoms with E-state index in [1.54, 1.807) is 25.3 Å². The first kappa shape index (κ1) is 17.7. The number of amides is 1. The molecule has 0 atom stereocenters. The van der Waals surface area contributed by atoms with Crippen molar-refractivity contribution >= 4 is 40.1 Å². The number of ether oxygens (including phenoxy) is 2. The maximum atomic E-state index is 12.0. The van der Waals surface area contributed by atoms with Gasteiger partial charge in [-0.1, -0.05) is 22.9 Å². The molecule has 1 N–H and O–H groups in total. The Morgan fingerprint density at radius 2 is 2.24 bits per heavy atom. The van der Waals surface area contributed by atoms with E-state index in [1.165, 1.54) is 17.4 Å². The van der Waals surface area contributed by atoms with Crippen LogP contribution in [0, 0.1) is 0 Å². The fourth-order valence-corrected chi connectivity index (χ4v) is 3.41. The minimum atomic E-state index is -0.275. The maximum absolute atomic E-state index is 12.0. The number of anilines is 1. The zero-order chi connectivity index (χ0) is 17.8. The molecule has 3 rings (SSSR count). The van der Waals surface area contributed by atoms with Crippen LogP contribution < -0.4 is 14.8 Å². The number of rotatable bonds is 7. The predicted octanol–water partition coefficient (Wildman–Crippen LogP) is 4.13. The van der Waals surface area contributed by atoms with Crippen molar-refractivity contribution < 1.29 is 14.3 Å². The number of carbonyl (C=O) groups excluding carboxylic acids is 1. The number of nitrogens with one attached hydrogen (secondary N) is 1. The Hall–Kier alpha value is -2.12. The Bertz CT molecular complexity index is 802. The van der Waals surface area contributed by atoms with Crippen molar-refractivity contribution in [1.29, 1.82) is 0 Å². The van der Waals surface area contributed by atoms with Gasteiger partial charge < -0.3 is 9.47 Å². The van der Waals surface area contributed by atoms with E-state index in [0.717, 1.165) is 23.4 Å². The molecule has 0 bridgehead atoms. The molecule has 1 saturated carbocycles. The van der Waals surface area contributed by atoms with Crippen LogP contribution in [0.3, 0.4) is 0 Å². The molecule has 0 aliphatic heterocycles. The fraction of sp³-hybridized carbons (Fsp3) is 0.353. The van der Waals surface area contributed by atoms with Gasteiger partial charge in [0.15, 0.2) is 11.5 Å². The Kier molecular flexibility index (Phi) is 5.55. The molecule has 25 heavy (non-hydrogen) atoms. The van der Waals surface area contributed by atoms with Crippen LogP contribution in [0.1, 0.15) is 36.3 Å². The first-order valence-corrected chi connectivity index (χ1v) is 9.13. The van der Waals surface area contributed by atoms with E-state index in [-0.39, 0.29) is 5.91 Å². The lowest BCUT2D eigenvalue weighted by Crippen LogP contribution is -2.07. The smallest absolute Gasteiger partial charge is 0.250 e. The van der Waals surface area contributed by atoms with Crippen molar-refractivity contribution in [3.63, 3.8) is 0 Å². The summed E-state index contributed by atoms with van der Waals surface area (Å²) in [6.45, 7) is 2.36. The average molecular weight is 380 g/mol. The van der Waals surface area contributed by atoms with Crippen molar-refractivity contribution in [2.75, 3.05) is 19.0 Å². The summed E-state index contributed by atoms with van der Waals surface area (Å²) < 4.78 is 10.8. The number of benzene rings is 1. The first-order chi connectivity index (χ1) is 12.1. The molecule has 0 radical (unpaired) electrons. The van der Waals surface area contributed by atoms with Gasteiger partial charge in [0.25, 0.3) is 0 Å². The van der Waals surface area contributed by atoms with Gasteiger partial charge in [-0.05, 0) is 43.5 Å². The summed E-state index contributed by atoms with van der Waals surface area (Å²) >= 11 is 7.64. The lowest BCUT2D eigenvalue weighted by molar-refractivity contribution is -0.111. The Morgan fingerprint density at radius 3 is 2.92 bits per heavy atom. The van der Waals surface area contributed by atoms with Gasteiger partial charge in [0.1, 0.15) is 5.01 Å². The van der Waals surface area contributed by atoms with Crippen molar-refractivity contribution in [1.82, 2.24) is 10.2 Å². The highest BCUT2D eigenvalue weighted by Crippen LogP contribution is 2.42. The second kappa shape index (κ2) is 7.84. The third-order valence-electron chi connectivity index (χ3n) is 3.56. The van der Waals surface area contributed by atoms with Crippen LogP contribution in [0.4, 0.5) is 5.13 Å². The number of carbonyl (C=O) groups is 1. The molecule has 8 heteroatoms. The van der Waals surface area contributed by atoms with Gasteiger partial charge in [0.05, 0.1) is 18.7 Å². The molecule has 0 saturated heterocycles. The SMILES string of the molecule is CCOc1c(Cl)cc(/C=C/C(=O)Nc2nnc(C3CC3)s2)cc1OC. The topological polar surface area (TPSA) is 73.3 Å². The quantitative estimate of drug-likeness (QED) is 0.732. The van der Waals surface area contributed by atoms with Crippen LogP contribution in [0.25, 0.3) is 6.08 Å². The second-order valence-electron chi connectivity index (χ2n) is 5.51. The standard InChI is InChI=1S/C17H18ClN3O3S/c1-3-24-15-12(18)8-10(9-13(15)23-2)4-7-14(22)19-17-21-20-16(25-17)11-5-6-11/h4,7-9,11H,3,5-6H2,1-2H3,(H,19,21,22)/b7-4+. The molecule has 6 nitrogen and oxygen atoms in total. The Labute approximate surface area is 154 Å². The van der Waals surface area contributed by atoms with Gasteiger partial charge in [-0.2, -0.15) is 0 Å². The number of hydrogen-bond acceptors (Lipinski definition) is 6. The molecule has 1 heterocycles. The largest absolute Gasteiger partial charge is 0.493 e. The molecule has 2 aromatic rings. The average Bonchev–Trinajstić information content (AvgIpc) is 3.35. The second-order valence-corrected chi connectivity index (χ2v) is 6.93. The Morgan fingerprint density at radius 1 is 1.44 bits per heavy atom. The van der Waals surface area contributed by atoms with E-state index >= 15 is 0 Å². The Balaban J connectivity index is 1.67. The molecule has 0 unspecified atom stereocenters. The number of aromatic nitrogens is 2. The molecule has 1 amide bonds. The van der Waals surface area contributed by atoms with Crippen LogP contribution >= 0.6 is 22.9 Å². The van der Waals surface area contributed by atoms with Crippen molar-refractivity contribution in [3.8, 4) is 11.5 Å². The van der Waals surface area contributed by atoms with E-state index in [0.29, 0.717) is 34.2 Å². The molecule has 132 valence electrons. The lowest BCUT2D eigenvalue weighted by atomic mass is 10.2. The summed E-state index contributed by atoms with van der Waals surface area (Å²) in [5, 5.41) is 12.7. The molecular formula is C17H18ClN3O3S. The third-order valence-corrected chi connectivity index (χ3v) is 4.85. The van der Waals surface area contributed by atoms with Gasteiger partial charge in [-0.25, -0.2) is 0 Å². The molecule has 0 spiro atoms. The minimum absolute atomic E-state index is 0.275. The fourth-order valence-electron chi connectivity index (χ4n) is 2.22. The first-order valence-electron chi connectivity index (χ1n) is 7.93. The van der Waals surface area contributed by atoms with E-state index in [9.17, 15) is 4.79 Å². The van der Waals surface area contributed by atoms with E-state index < -0.39 is 0 Å². The predicted molar refractivity (Wildman–Crippen MR) is 98.7 cm³/mol. The van der Waals surface area contributed by atoms with Crippen LogP contribution in [0.15, 0.2) is 18.2 Å². The number of halogens is 1. The highest BCUT2D eigenvalue weighted by Gasteiger charge is 2.27.